The summed E-state index contributed by atoms with van der Waals surface area (Å²) in [7, 11) is 0. The van der Waals surface area contributed by atoms with E-state index in [1.807, 2.05) is 0 Å². The van der Waals surface area contributed by atoms with Crippen LogP contribution in [0.15, 0.2) is 30.5 Å². The Morgan fingerprint density at radius 2 is 2.08 bits per heavy atom. The molecule has 24 heavy (non-hydrogen) atoms. The maximum atomic E-state index is 14.0. The normalized spacial score (nSPS) is 17.2. The quantitative estimate of drug-likeness (QED) is 0.805. The molecule has 2 aromatic rings. The lowest BCUT2D eigenvalue weighted by Crippen LogP contribution is -2.34. The number of amides is 2. The number of pyridine rings is 1. The highest BCUT2D eigenvalue weighted by Crippen LogP contribution is 2.34. The number of carbonyl (C=O) groups excluding carboxylic acids is 1. The van der Waals surface area contributed by atoms with Crippen molar-refractivity contribution in [3.05, 3.63) is 58.6 Å². The molecule has 1 fully saturated rings. The van der Waals surface area contributed by atoms with Gasteiger partial charge in [0, 0.05) is 12.1 Å². The zero-order chi connectivity index (χ0) is 17.3. The van der Waals surface area contributed by atoms with Gasteiger partial charge in [0.05, 0.1) is 22.9 Å². The number of hydrogen-bond donors (Lipinski definition) is 1. The molecule has 1 N–H and O–H groups in total. The van der Waals surface area contributed by atoms with E-state index in [-0.39, 0.29) is 16.3 Å². The number of nitrogens with zero attached hydrogens (tertiary/aromatic N) is 2. The fourth-order valence-corrected chi connectivity index (χ4v) is 2.95. The average molecular weight is 356 g/mol. The third-order valence-electron chi connectivity index (χ3n) is 3.88. The van der Waals surface area contributed by atoms with Crippen molar-refractivity contribution in [3.8, 4) is 0 Å². The van der Waals surface area contributed by atoms with Gasteiger partial charge in [-0.25, -0.2) is 18.6 Å². The third kappa shape index (κ3) is 3.31. The lowest BCUT2D eigenvalue weighted by Gasteiger charge is -2.25. The summed E-state index contributed by atoms with van der Waals surface area (Å²) < 4.78 is 40.5. The van der Waals surface area contributed by atoms with Crippen molar-refractivity contribution in [3.63, 3.8) is 0 Å². The summed E-state index contributed by atoms with van der Waals surface area (Å²) in [5, 5.41) is 2.32. The van der Waals surface area contributed by atoms with Crippen LogP contribution in [0.1, 0.15) is 24.4 Å². The summed E-state index contributed by atoms with van der Waals surface area (Å²) in [6, 6.07) is 3.33. The molecule has 1 aromatic heterocycles. The van der Waals surface area contributed by atoms with Crippen LogP contribution < -0.4 is 5.32 Å². The molecule has 3 rings (SSSR count). The van der Waals surface area contributed by atoms with Gasteiger partial charge in [0.15, 0.2) is 0 Å². The first-order valence-corrected chi connectivity index (χ1v) is 7.67. The second kappa shape index (κ2) is 6.68. The minimum Gasteiger partial charge on any atom is -0.317 e. The van der Waals surface area contributed by atoms with Gasteiger partial charge in [-0.3, -0.25) is 0 Å². The topological polar surface area (TPSA) is 45.2 Å². The SMILES string of the molecule is O=C(Nc1cnc(F)c(Cl)c1)N1CCCC1c1cc(F)ccc1F. The maximum Gasteiger partial charge on any atom is 0.322 e. The minimum atomic E-state index is -0.837. The smallest absolute Gasteiger partial charge is 0.317 e. The van der Waals surface area contributed by atoms with E-state index in [2.05, 4.69) is 10.3 Å². The predicted molar refractivity (Wildman–Crippen MR) is 83.3 cm³/mol. The number of halogens is 4. The molecule has 2 amide bonds. The van der Waals surface area contributed by atoms with E-state index in [0.29, 0.717) is 19.4 Å². The molecule has 1 aliphatic rings. The lowest BCUT2D eigenvalue weighted by atomic mass is 10.0. The molecule has 2 heterocycles. The summed E-state index contributed by atoms with van der Waals surface area (Å²) in [6.45, 7) is 0.398. The Morgan fingerprint density at radius 1 is 1.29 bits per heavy atom. The number of likely N-dealkylation sites (tertiary alicyclic amines) is 1. The van der Waals surface area contributed by atoms with Gasteiger partial charge < -0.3 is 10.2 Å². The Balaban J connectivity index is 1.80. The zero-order valence-electron chi connectivity index (χ0n) is 12.4. The van der Waals surface area contributed by atoms with Crippen LogP contribution in [0.2, 0.25) is 5.02 Å². The van der Waals surface area contributed by atoms with Crippen molar-refractivity contribution in [2.45, 2.75) is 18.9 Å². The molecular weight excluding hydrogens is 343 g/mol. The molecule has 0 radical (unpaired) electrons. The molecule has 0 saturated carbocycles. The van der Waals surface area contributed by atoms with Gasteiger partial charge in [0.25, 0.3) is 0 Å². The highest BCUT2D eigenvalue weighted by molar-refractivity contribution is 6.30. The Morgan fingerprint density at radius 3 is 2.83 bits per heavy atom. The van der Waals surface area contributed by atoms with Gasteiger partial charge in [0.2, 0.25) is 5.95 Å². The largest absolute Gasteiger partial charge is 0.322 e. The third-order valence-corrected chi connectivity index (χ3v) is 4.14. The summed E-state index contributed by atoms with van der Waals surface area (Å²) in [4.78, 5) is 17.3. The van der Waals surface area contributed by atoms with Gasteiger partial charge in [0.1, 0.15) is 11.6 Å². The molecule has 0 aliphatic carbocycles. The molecule has 8 heteroatoms. The highest BCUT2D eigenvalue weighted by Gasteiger charge is 2.32. The molecule has 1 saturated heterocycles. The van der Waals surface area contributed by atoms with E-state index in [4.69, 9.17) is 11.6 Å². The zero-order valence-corrected chi connectivity index (χ0v) is 13.2. The van der Waals surface area contributed by atoms with E-state index in [0.717, 1.165) is 24.4 Å². The molecule has 1 atom stereocenters. The van der Waals surface area contributed by atoms with E-state index in [1.54, 1.807) is 0 Å². The molecule has 1 aliphatic heterocycles. The number of benzene rings is 1. The number of hydrogen-bond acceptors (Lipinski definition) is 2. The predicted octanol–water partition coefficient (Wildman–Crippen LogP) is 4.52. The first kappa shape index (κ1) is 16.6. The second-order valence-corrected chi connectivity index (χ2v) is 5.85. The first-order valence-electron chi connectivity index (χ1n) is 7.29. The van der Waals surface area contributed by atoms with Crippen LogP contribution in [0.5, 0.6) is 0 Å². The number of urea groups is 1. The van der Waals surface area contributed by atoms with Crippen LogP contribution in [0.3, 0.4) is 0 Å². The molecule has 1 aromatic carbocycles. The first-order chi connectivity index (χ1) is 11.5. The highest BCUT2D eigenvalue weighted by atomic mass is 35.5. The standard InChI is InChI=1S/C16H13ClF3N3O/c17-12-7-10(8-21-15(12)20)22-16(24)23-5-1-2-14(23)11-6-9(18)3-4-13(11)19/h3-4,6-8,14H,1-2,5H2,(H,22,24). The van der Waals surface area contributed by atoms with E-state index in [1.165, 1.54) is 11.0 Å². The Hall–Kier alpha value is -2.28. The molecule has 126 valence electrons. The van der Waals surface area contributed by atoms with Gasteiger partial charge in [-0.2, -0.15) is 4.39 Å². The monoisotopic (exact) mass is 355 g/mol. The molecule has 0 spiro atoms. The van der Waals surface area contributed by atoms with Crippen LogP contribution in [-0.2, 0) is 0 Å². The van der Waals surface area contributed by atoms with Gasteiger partial charge in [-0.1, -0.05) is 11.6 Å². The second-order valence-electron chi connectivity index (χ2n) is 5.44. The fraction of sp³-hybridized carbons (Fsp3) is 0.250. The Bertz CT molecular complexity index is 787. The maximum absolute atomic E-state index is 14.0. The van der Waals surface area contributed by atoms with Gasteiger partial charge in [-0.05, 0) is 37.1 Å². The lowest BCUT2D eigenvalue weighted by molar-refractivity contribution is 0.206. The average Bonchev–Trinajstić information content (AvgIpc) is 3.03. The number of rotatable bonds is 2. The molecule has 1 unspecified atom stereocenters. The van der Waals surface area contributed by atoms with Crippen molar-refractivity contribution in [1.82, 2.24) is 9.88 Å². The van der Waals surface area contributed by atoms with Crippen LogP contribution in [0.25, 0.3) is 0 Å². The van der Waals surface area contributed by atoms with Gasteiger partial charge >= 0.3 is 6.03 Å². The van der Waals surface area contributed by atoms with Crippen LogP contribution >= 0.6 is 11.6 Å². The van der Waals surface area contributed by atoms with Crippen LogP contribution in [0.4, 0.5) is 23.7 Å². The fourth-order valence-electron chi connectivity index (χ4n) is 2.79. The van der Waals surface area contributed by atoms with Crippen LogP contribution in [0, 0.1) is 17.6 Å². The summed E-state index contributed by atoms with van der Waals surface area (Å²) in [5.41, 5.74) is 0.356. The van der Waals surface area contributed by atoms with Crippen LogP contribution in [-0.4, -0.2) is 22.5 Å². The van der Waals surface area contributed by atoms with Crippen molar-refractivity contribution >= 4 is 23.3 Å². The number of carbonyl (C=O) groups is 1. The molecule has 4 nitrogen and oxygen atoms in total. The number of nitrogens with one attached hydrogen (secondary N) is 1. The van der Waals surface area contributed by atoms with Crippen molar-refractivity contribution in [2.24, 2.45) is 0 Å². The Kier molecular flexibility index (Phi) is 4.62. The summed E-state index contributed by atoms with van der Waals surface area (Å²) in [5.74, 6) is -1.96. The van der Waals surface area contributed by atoms with Gasteiger partial charge in [-0.15, -0.1) is 0 Å². The van der Waals surface area contributed by atoms with E-state index in [9.17, 15) is 18.0 Å². The Labute approximate surface area is 141 Å². The number of anilines is 1. The summed E-state index contributed by atoms with van der Waals surface area (Å²) in [6.07, 6.45) is 2.32. The van der Waals surface area contributed by atoms with Crippen molar-refractivity contribution < 1.29 is 18.0 Å². The molecular formula is C16H13ClF3N3O. The number of aromatic nitrogens is 1. The molecule has 0 bridgehead atoms. The van der Waals surface area contributed by atoms with E-state index < -0.39 is 29.7 Å². The van der Waals surface area contributed by atoms with Crippen molar-refractivity contribution in [1.29, 1.82) is 0 Å². The summed E-state index contributed by atoms with van der Waals surface area (Å²) >= 11 is 5.63. The van der Waals surface area contributed by atoms with Crippen molar-refractivity contribution in [2.75, 3.05) is 11.9 Å². The minimum absolute atomic E-state index is 0.137. The van der Waals surface area contributed by atoms with E-state index >= 15 is 0 Å².